The van der Waals surface area contributed by atoms with Crippen LogP contribution in [-0.4, -0.2) is 14.5 Å². The summed E-state index contributed by atoms with van der Waals surface area (Å²) in [5, 5.41) is 3.44. The molecule has 0 spiro atoms. The number of hydrogen-bond donors (Lipinski definition) is 1. The zero-order valence-corrected chi connectivity index (χ0v) is 9.54. The summed E-state index contributed by atoms with van der Waals surface area (Å²) in [7, 11) is 0. The van der Waals surface area contributed by atoms with E-state index in [-0.39, 0.29) is 0 Å². The largest absolute Gasteiger partial charge is 0.353 e. The highest BCUT2D eigenvalue weighted by Gasteiger charge is 2.18. The van der Waals surface area contributed by atoms with Crippen molar-refractivity contribution in [3.05, 3.63) is 55.1 Å². The summed E-state index contributed by atoms with van der Waals surface area (Å²) >= 11 is 0. The lowest BCUT2D eigenvalue weighted by Gasteiger charge is -2.08. The normalized spacial score (nSPS) is 11.8. The summed E-state index contributed by atoms with van der Waals surface area (Å²) in [6, 6.07) is 10.1. The summed E-state index contributed by atoms with van der Waals surface area (Å²) in [5.41, 5.74) is 4.21. The zero-order valence-electron chi connectivity index (χ0n) is 9.54. The Morgan fingerprint density at radius 3 is 2.94 bits per heavy atom. The molecule has 0 bridgehead atoms. The summed E-state index contributed by atoms with van der Waals surface area (Å²) in [6.45, 7) is 0. The van der Waals surface area contributed by atoms with Crippen molar-refractivity contribution in [1.82, 2.24) is 14.5 Å². The van der Waals surface area contributed by atoms with Crippen LogP contribution in [0, 0.1) is 0 Å². The van der Waals surface area contributed by atoms with Gasteiger partial charge in [-0.2, -0.15) is 0 Å². The monoisotopic (exact) mass is 234 g/mol. The van der Waals surface area contributed by atoms with Gasteiger partial charge in [0.15, 0.2) is 0 Å². The number of para-hydroxylation sites is 1. The van der Waals surface area contributed by atoms with Gasteiger partial charge in [-0.3, -0.25) is 9.55 Å². The van der Waals surface area contributed by atoms with Gasteiger partial charge in [-0.1, -0.05) is 12.1 Å². The van der Waals surface area contributed by atoms with Crippen molar-refractivity contribution < 1.29 is 0 Å². The van der Waals surface area contributed by atoms with Gasteiger partial charge < -0.3 is 5.32 Å². The van der Waals surface area contributed by atoms with Gasteiger partial charge in [-0.05, 0) is 18.2 Å². The maximum absolute atomic E-state index is 4.45. The van der Waals surface area contributed by atoms with Crippen molar-refractivity contribution in [2.24, 2.45) is 0 Å². The number of rotatable bonds is 0. The molecule has 86 valence electrons. The number of nitrogens with one attached hydrogen (secondary N) is 1. The average Bonchev–Trinajstić information content (AvgIpc) is 2.84. The van der Waals surface area contributed by atoms with Crippen molar-refractivity contribution >= 4 is 11.4 Å². The van der Waals surface area contributed by atoms with E-state index in [1.54, 1.807) is 6.20 Å². The molecule has 0 saturated carbocycles. The molecule has 1 N–H and O–H groups in total. The van der Waals surface area contributed by atoms with Gasteiger partial charge in [-0.15, -0.1) is 0 Å². The molecule has 4 nitrogen and oxygen atoms in total. The molecule has 1 aliphatic heterocycles. The maximum atomic E-state index is 4.45. The van der Waals surface area contributed by atoms with E-state index in [1.807, 2.05) is 36.8 Å². The molecule has 3 aromatic rings. The quantitative estimate of drug-likeness (QED) is 0.508. The van der Waals surface area contributed by atoms with Crippen LogP contribution in [0.25, 0.3) is 17.1 Å². The molecule has 0 aliphatic carbocycles. The second kappa shape index (κ2) is 3.43. The van der Waals surface area contributed by atoms with Crippen molar-refractivity contribution in [1.29, 1.82) is 0 Å². The second-order valence-electron chi connectivity index (χ2n) is 4.18. The van der Waals surface area contributed by atoms with Crippen molar-refractivity contribution in [3.8, 4) is 17.1 Å². The van der Waals surface area contributed by atoms with Gasteiger partial charge in [0.25, 0.3) is 0 Å². The van der Waals surface area contributed by atoms with E-state index in [0.717, 1.165) is 28.5 Å². The number of anilines is 2. The van der Waals surface area contributed by atoms with Crippen LogP contribution in [0.5, 0.6) is 0 Å². The minimum atomic E-state index is 0.935. The highest BCUT2D eigenvalue weighted by molar-refractivity contribution is 5.84. The predicted octanol–water partition coefficient (Wildman–Crippen LogP) is 2.99. The van der Waals surface area contributed by atoms with Crippen LogP contribution in [0.4, 0.5) is 11.4 Å². The van der Waals surface area contributed by atoms with Gasteiger partial charge in [-0.25, -0.2) is 4.98 Å². The fourth-order valence-electron chi connectivity index (χ4n) is 2.31. The van der Waals surface area contributed by atoms with E-state index >= 15 is 0 Å². The molecule has 0 radical (unpaired) electrons. The van der Waals surface area contributed by atoms with Crippen molar-refractivity contribution in [3.63, 3.8) is 0 Å². The van der Waals surface area contributed by atoms with Crippen LogP contribution in [0.1, 0.15) is 0 Å². The van der Waals surface area contributed by atoms with E-state index in [4.69, 9.17) is 0 Å². The molecule has 18 heavy (non-hydrogen) atoms. The Bertz CT molecular complexity index is 670. The average molecular weight is 234 g/mol. The molecule has 0 fully saturated rings. The molecular formula is C14H10N4. The highest BCUT2D eigenvalue weighted by Crippen LogP contribution is 2.36. The molecule has 1 aromatic carbocycles. The summed E-state index contributed by atoms with van der Waals surface area (Å²) in [5.74, 6) is 0.935. The molecular weight excluding hydrogens is 224 g/mol. The first-order chi connectivity index (χ1) is 8.93. The topological polar surface area (TPSA) is 42.7 Å². The SMILES string of the molecule is c1ccc2c(c1)Nc1ccncc1-n1ccnc1-2. The van der Waals surface area contributed by atoms with Crippen molar-refractivity contribution in [2.45, 2.75) is 0 Å². The lowest BCUT2D eigenvalue weighted by atomic mass is 10.1. The van der Waals surface area contributed by atoms with Gasteiger partial charge >= 0.3 is 0 Å². The van der Waals surface area contributed by atoms with Crippen LogP contribution in [-0.2, 0) is 0 Å². The van der Waals surface area contributed by atoms with E-state index in [2.05, 4.69) is 32.0 Å². The number of aromatic nitrogens is 3. The van der Waals surface area contributed by atoms with E-state index in [1.165, 1.54) is 0 Å². The van der Waals surface area contributed by atoms with Gasteiger partial charge in [0.1, 0.15) is 5.82 Å². The molecule has 0 unspecified atom stereocenters. The third kappa shape index (κ3) is 1.20. The molecule has 0 atom stereocenters. The van der Waals surface area contributed by atoms with Crippen LogP contribution < -0.4 is 5.32 Å². The first-order valence-corrected chi connectivity index (χ1v) is 5.77. The van der Waals surface area contributed by atoms with E-state index in [0.29, 0.717) is 0 Å². The predicted molar refractivity (Wildman–Crippen MR) is 70.1 cm³/mol. The minimum Gasteiger partial charge on any atom is -0.353 e. The number of benzene rings is 1. The molecule has 2 aromatic heterocycles. The Morgan fingerprint density at radius 1 is 1.00 bits per heavy atom. The Hall–Kier alpha value is -2.62. The number of hydrogen-bond acceptors (Lipinski definition) is 3. The number of nitrogens with zero attached hydrogens (tertiary/aromatic N) is 3. The van der Waals surface area contributed by atoms with E-state index < -0.39 is 0 Å². The van der Waals surface area contributed by atoms with Gasteiger partial charge in [0.05, 0.1) is 17.6 Å². The fraction of sp³-hybridized carbons (Fsp3) is 0. The smallest absolute Gasteiger partial charge is 0.146 e. The lowest BCUT2D eigenvalue weighted by molar-refractivity contribution is 1.06. The summed E-state index contributed by atoms with van der Waals surface area (Å²) in [4.78, 5) is 8.64. The van der Waals surface area contributed by atoms with E-state index in [9.17, 15) is 0 Å². The fourth-order valence-corrected chi connectivity index (χ4v) is 2.31. The Balaban J connectivity index is 2.12. The molecule has 0 amide bonds. The first kappa shape index (κ1) is 9.41. The van der Waals surface area contributed by atoms with Crippen LogP contribution in [0.2, 0.25) is 0 Å². The number of pyridine rings is 1. The van der Waals surface area contributed by atoms with Crippen LogP contribution >= 0.6 is 0 Å². The second-order valence-corrected chi connectivity index (χ2v) is 4.18. The minimum absolute atomic E-state index is 0.935. The third-order valence-corrected chi connectivity index (χ3v) is 3.14. The van der Waals surface area contributed by atoms with Crippen LogP contribution in [0.15, 0.2) is 55.1 Å². The van der Waals surface area contributed by atoms with Crippen LogP contribution in [0.3, 0.4) is 0 Å². The number of imidazole rings is 1. The molecule has 3 heterocycles. The molecule has 4 rings (SSSR count). The Morgan fingerprint density at radius 2 is 1.94 bits per heavy atom. The third-order valence-electron chi connectivity index (χ3n) is 3.14. The molecule has 1 aliphatic rings. The summed E-state index contributed by atoms with van der Waals surface area (Å²) < 4.78 is 2.06. The molecule has 4 heteroatoms. The van der Waals surface area contributed by atoms with Gasteiger partial charge in [0, 0.05) is 29.8 Å². The highest BCUT2D eigenvalue weighted by atomic mass is 15.1. The Labute approximate surface area is 104 Å². The van der Waals surface area contributed by atoms with Crippen molar-refractivity contribution in [2.75, 3.05) is 5.32 Å². The zero-order chi connectivity index (χ0) is 11.9. The molecule has 0 saturated heterocycles. The van der Waals surface area contributed by atoms with Gasteiger partial charge in [0.2, 0.25) is 0 Å². The first-order valence-electron chi connectivity index (χ1n) is 5.77. The Kier molecular flexibility index (Phi) is 1.80. The lowest BCUT2D eigenvalue weighted by Crippen LogP contribution is -1.96. The standard InChI is InChI=1S/C14H10N4/c1-2-4-11-10(3-1)14-16-7-8-18(14)13-9-15-6-5-12(13)17-11/h1-9,17H. The maximum Gasteiger partial charge on any atom is 0.146 e. The number of fused-ring (bicyclic) bond motifs is 5. The summed E-state index contributed by atoms with van der Waals surface area (Å²) in [6.07, 6.45) is 7.41.